The SMILES string of the molecule is c1ccc(-c2ccccc2-c2cc3c(s2)B2c4cc5c(cc4N(c4ccccc4)c4cc(N6CCCC6)cc(c42)N3c2ccccc2)oc2cc3c(cc25)B2c4ccccc4N(c4ccccc4)c4cc(N5CCCC5)cc(c42)N3c2ccccc2)cc1. The highest BCUT2D eigenvalue weighted by molar-refractivity contribution is 7.31. The van der Waals surface area contributed by atoms with Crippen molar-refractivity contribution in [3.05, 3.63) is 255 Å². The molecular formula is C78H58B2N6OS. The van der Waals surface area contributed by atoms with Crippen molar-refractivity contribution < 1.29 is 4.42 Å². The lowest BCUT2D eigenvalue weighted by Crippen LogP contribution is -2.61. The van der Waals surface area contributed by atoms with Crippen molar-refractivity contribution in [3.63, 3.8) is 0 Å². The molecule has 0 amide bonds. The Morgan fingerprint density at radius 2 is 0.705 bits per heavy atom. The van der Waals surface area contributed by atoms with Crippen LogP contribution in [0.4, 0.5) is 79.6 Å². The van der Waals surface area contributed by atoms with Crippen LogP contribution in [0.1, 0.15) is 25.7 Å². The molecule has 0 aliphatic carbocycles. The van der Waals surface area contributed by atoms with Crippen molar-refractivity contribution in [2.24, 2.45) is 0 Å². The minimum Gasteiger partial charge on any atom is -0.456 e. The lowest BCUT2D eigenvalue weighted by Gasteiger charge is -2.44. The van der Waals surface area contributed by atoms with Crippen LogP contribution in [0.15, 0.2) is 259 Å². The van der Waals surface area contributed by atoms with E-state index in [1.165, 1.54) is 125 Å². The van der Waals surface area contributed by atoms with Crippen molar-refractivity contribution in [1.29, 1.82) is 0 Å². The maximum absolute atomic E-state index is 7.47. The second-order valence-electron chi connectivity index (χ2n) is 24.5. The van der Waals surface area contributed by atoms with Crippen molar-refractivity contribution in [1.82, 2.24) is 0 Å². The third-order valence-electron chi connectivity index (χ3n) is 19.7. The topological polar surface area (TPSA) is 32.6 Å². The normalized spacial score (nSPS) is 15.2. The predicted octanol–water partition coefficient (Wildman–Crippen LogP) is 16.3. The number of furan rings is 1. The van der Waals surface area contributed by atoms with Gasteiger partial charge in [0.15, 0.2) is 0 Å². The van der Waals surface area contributed by atoms with Gasteiger partial charge < -0.3 is 33.8 Å². The van der Waals surface area contributed by atoms with Crippen molar-refractivity contribution >= 4 is 158 Å². The molecule has 13 aromatic rings. The third-order valence-corrected chi connectivity index (χ3v) is 20.9. The Hall–Kier alpha value is -10.2. The van der Waals surface area contributed by atoms with Crippen LogP contribution in [-0.4, -0.2) is 39.6 Å². The Kier molecular flexibility index (Phi) is 11.2. The lowest BCUT2D eigenvalue weighted by atomic mass is 9.33. The number of thiophene rings is 1. The molecule has 0 atom stereocenters. The highest BCUT2D eigenvalue weighted by atomic mass is 32.1. The summed E-state index contributed by atoms with van der Waals surface area (Å²) < 4.78 is 8.81. The Morgan fingerprint density at radius 1 is 0.307 bits per heavy atom. The fourth-order valence-electron chi connectivity index (χ4n) is 15.9. The first-order valence-electron chi connectivity index (χ1n) is 31.3. The summed E-state index contributed by atoms with van der Waals surface area (Å²) in [6.45, 7) is 4.01. The summed E-state index contributed by atoms with van der Waals surface area (Å²) in [5.74, 6) is 0. The second kappa shape index (κ2) is 19.7. The molecule has 0 unspecified atom stereocenters. The Balaban J connectivity index is 0.887. The van der Waals surface area contributed by atoms with Gasteiger partial charge in [0.2, 0.25) is 0 Å². The molecule has 8 heterocycles. The minimum absolute atomic E-state index is 0.0586. The molecule has 0 radical (unpaired) electrons. The average Bonchev–Trinajstić information content (AvgIpc) is 1.15. The molecule has 0 spiro atoms. The van der Waals surface area contributed by atoms with E-state index in [1.807, 2.05) is 11.3 Å². The van der Waals surface area contributed by atoms with E-state index in [0.29, 0.717) is 0 Å². The van der Waals surface area contributed by atoms with E-state index in [2.05, 4.69) is 284 Å². The van der Waals surface area contributed by atoms with Gasteiger partial charge in [-0.2, -0.15) is 0 Å². The van der Waals surface area contributed by atoms with Crippen LogP contribution in [0.2, 0.25) is 0 Å². The summed E-state index contributed by atoms with van der Waals surface area (Å²) in [7, 11) is 0. The Morgan fingerprint density at radius 3 is 1.20 bits per heavy atom. The molecule has 6 aliphatic rings. The van der Waals surface area contributed by atoms with E-state index in [9.17, 15) is 0 Å². The smallest absolute Gasteiger partial charge is 0.264 e. The number of hydrogen-bond donors (Lipinski definition) is 0. The van der Waals surface area contributed by atoms with Crippen LogP contribution in [0.5, 0.6) is 0 Å². The van der Waals surface area contributed by atoms with Crippen LogP contribution in [0.3, 0.4) is 0 Å². The standard InChI is InChI=1S/C78H58B2N6OS/c1-6-24-51(25-7-1)58-34-16-17-35-59(58)75-50-72-78(88-75)80-64-47-61-60-46-63-66(84(53-28-10-3-11-29-53)69-43-56(81-38-20-21-39-81)42-68-76(69)79(63)62-36-18-19-37-65(62)83(68)52-26-8-2-9-27-52)48-73(60)87-74(61)49-67(64)85(54-30-12-4-13-31-54)70-44-57(82-40-22-23-41-82)45-71(77(70)80)86(72)55-32-14-5-15-33-55/h1-19,24-37,42-50H,20-23,38-41H2. The first-order valence-corrected chi connectivity index (χ1v) is 32.2. The molecule has 2 aromatic heterocycles. The first-order chi connectivity index (χ1) is 43.7. The van der Waals surface area contributed by atoms with Gasteiger partial charge in [0.1, 0.15) is 11.2 Å². The van der Waals surface area contributed by atoms with E-state index < -0.39 is 0 Å². The Bertz CT molecular complexity index is 4930. The quantitative estimate of drug-likeness (QED) is 0.140. The average molecular weight is 1150 g/mol. The number of benzene rings is 11. The predicted molar refractivity (Wildman–Crippen MR) is 373 cm³/mol. The highest BCUT2D eigenvalue weighted by Gasteiger charge is 2.48. The van der Waals surface area contributed by atoms with Crippen LogP contribution in [-0.2, 0) is 0 Å². The van der Waals surface area contributed by atoms with Crippen molar-refractivity contribution in [2.45, 2.75) is 25.7 Å². The van der Waals surface area contributed by atoms with Gasteiger partial charge in [-0.3, -0.25) is 0 Å². The molecule has 19 rings (SSSR count). The molecular weight excluding hydrogens is 1090 g/mol. The van der Waals surface area contributed by atoms with Gasteiger partial charge >= 0.3 is 0 Å². The molecule has 88 heavy (non-hydrogen) atoms. The van der Waals surface area contributed by atoms with E-state index >= 15 is 0 Å². The maximum atomic E-state index is 7.47. The number of nitrogens with zero attached hydrogens (tertiary/aromatic N) is 6. The monoisotopic (exact) mass is 1150 g/mol. The van der Waals surface area contributed by atoms with Crippen LogP contribution in [0.25, 0.3) is 43.5 Å². The summed E-state index contributed by atoms with van der Waals surface area (Å²) >= 11 is 1.95. The molecule has 0 bridgehead atoms. The van der Waals surface area contributed by atoms with E-state index in [4.69, 9.17) is 4.42 Å². The number of hydrogen-bond acceptors (Lipinski definition) is 8. The third kappa shape index (κ3) is 7.51. The molecule has 7 nitrogen and oxygen atoms in total. The van der Waals surface area contributed by atoms with Crippen LogP contribution in [0, 0.1) is 0 Å². The van der Waals surface area contributed by atoms with Gasteiger partial charge in [0.25, 0.3) is 13.4 Å². The highest BCUT2D eigenvalue weighted by Crippen LogP contribution is 2.52. The first kappa shape index (κ1) is 50.0. The largest absolute Gasteiger partial charge is 0.456 e. The number of anilines is 14. The molecule has 0 N–H and O–H groups in total. The molecule has 0 saturated carbocycles. The molecule has 11 aromatic carbocycles. The van der Waals surface area contributed by atoms with Gasteiger partial charge in [0.05, 0.1) is 5.69 Å². The fraction of sp³-hybridized carbons (Fsp3) is 0.103. The van der Waals surface area contributed by atoms with Gasteiger partial charge in [-0.25, -0.2) is 0 Å². The maximum Gasteiger partial charge on any atom is 0.264 e. The zero-order chi connectivity index (χ0) is 57.6. The second-order valence-corrected chi connectivity index (χ2v) is 25.6. The molecule has 418 valence electrons. The summed E-state index contributed by atoms with van der Waals surface area (Å²) in [6, 6.07) is 95.6. The van der Waals surface area contributed by atoms with E-state index in [-0.39, 0.29) is 13.4 Å². The minimum atomic E-state index is -0.0980. The number of fused-ring (bicyclic) bond motifs is 11. The number of rotatable bonds is 8. The molecule has 10 heteroatoms. The Labute approximate surface area is 517 Å². The van der Waals surface area contributed by atoms with Gasteiger partial charge in [0, 0.05) is 133 Å². The summed E-state index contributed by atoms with van der Waals surface area (Å²) in [5, 5.41) is 2.25. The summed E-state index contributed by atoms with van der Waals surface area (Å²) in [6.07, 6.45) is 4.76. The lowest BCUT2D eigenvalue weighted by molar-refractivity contribution is 0.669. The van der Waals surface area contributed by atoms with Crippen LogP contribution < -0.4 is 61.5 Å². The fourth-order valence-corrected chi connectivity index (χ4v) is 17.2. The van der Waals surface area contributed by atoms with E-state index in [0.717, 1.165) is 82.2 Å². The van der Waals surface area contributed by atoms with Gasteiger partial charge in [-0.15, -0.1) is 11.3 Å². The van der Waals surface area contributed by atoms with Crippen molar-refractivity contribution in [2.75, 3.05) is 55.6 Å². The van der Waals surface area contributed by atoms with Crippen molar-refractivity contribution in [3.8, 4) is 21.6 Å². The van der Waals surface area contributed by atoms with E-state index in [1.54, 1.807) is 0 Å². The zero-order valence-corrected chi connectivity index (χ0v) is 49.4. The molecule has 2 fully saturated rings. The molecule has 6 aliphatic heterocycles. The summed E-state index contributed by atoms with van der Waals surface area (Å²) in [5.41, 5.74) is 28.6. The molecule has 2 saturated heterocycles. The van der Waals surface area contributed by atoms with Crippen LogP contribution >= 0.6 is 11.3 Å². The summed E-state index contributed by atoms with van der Waals surface area (Å²) in [4.78, 5) is 16.7. The zero-order valence-electron chi connectivity index (χ0n) is 48.6. The number of para-hydroxylation sites is 5. The van der Waals surface area contributed by atoms with Gasteiger partial charge in [-0.05, 0) is 155 Å². The van der Waals surface area contributed by atoms with Gasteiger partial charge in [-0.1, -0.05) is 158 Å².